The third-order valence-electron chi connectivity index (χ3n) is 3.31. The van der Waals surface area contributed by atoms with Gasteiger partial charge in [-0.3, -0.25) is 4.79 Å². The van der Waals surface area contributed by atoms with E-state index in [1.54, 1.807) is 7.11 Å². The van der Waals surface area contributed by atoms with Crippen molar-refractivity contribution in [3.8, 4) is 5.75 Å². The third kappa shape index (κ3) is 5.50. The van der Waals surface area contributed by atoms with Gasteiger partial charge in [0.05, 0.1) is 12.4 Å². The van der Waals surface area contributed by atoms with Gasteiger partial charge in [-0.25, -0.2) is 0 Å². The Morgan fingerprint density at radius 1 is 1.36 bits per heavy atom. The second-order valence-corrected chi connectivity index (χ2v) is 6.70. The molecule has 22 heavy (non-hydrogen) atoms. The fraction of sp³-hybridized carbons (Fsp3) is 0.500. The molecule has 0 aliphatic rings. The summed E-state index contributed by atoms with van der Waals surface area (Å²) in [5, 5.41) is 2.72. The number of amides is 1. The minimum atomic E-state index is -0.220. The number of hydrogen-bond acceptors (Lipinski definition) is 4. The SMILES string of the molecule is CCN(CC)C(=S)SC(C)C(=O)NCc1ccccc1OC. The lowest BCUT2D eigenvalue weighted by Gasteiger charge is -2.23. The maximum atomic E-state index is 12.2. The van der Waals surface area contributed by atoms with E-state index < -0.39 is 0 Å². The maximum absolute atomic E-state index is 12.2. The van der Waals surface area contributed by atoms with Crippen LogP contribution in [-0.4, -0.2) is 40.6 Å². The van der Waals surface area contributed by atoms with E-state index in [0.29, 0.717) is 6.54 Å². The van der Waals surface area contributed by atoms with Gasteiger partial charge in [-0.1, -0.05) is 42.2 Å². The van der Waals surface area contributed by atoms with Crippen LogP contribution in [0.25, 0.3) is 0 Å². The molecule has 0 aromatic heterocycles. The van der Waals surface area contributed by atoms with E-state index in [0.717, 1.165) is 28.7 Å². The Kier molecular flexibility index (Phi) is 8.27. The van der Waals surface area contributed by atoms with Gasteiger partial charge in [-0.05, 0) is 26.8 Å². The molecule has 0 fully saturated rings. The topological polar surface area (TPSA) is 41.6 Å². The Morgan fingerprint density at radius 2 is 2.00 bits per heavy atom. The highest BCUT2D eigenvalue weighted by Gasteiger charge is 2.18. The Morgan fingerprint density at radius 3 is 2.59 bits per heavy atom. The van der Waals surface area contributed by atoms with Crippen LogP contribution in [0.2, 0.25) is 0 Å². The minimum absolute atomic E-state index is 0.0228. The predicted octanol–water partition coefficient (Wildman–Crippen LogP) is 3.06. The summed E-state index contributed by atoms with van der Waals surface area (Å²) in [5.74, 6) is 0.757. The molecule has 1 amide bonds. The van der Waals surface area contributed by atoms with Gasteiger partial charge in [0.1, 0.15) is 10.1 Å². The number of nitrogens with zero attached hydrogens (tertiary/aromatic N) is 1. The molecule has 6 heteroatoms. The molecular weight excluding hydrogens is 316 g/mol. The van der Waals surface area contributed by atoms with Crippen LogP contribution in [0, 0.1) is 0 Å². The van der Waals surface area contributed by atoms with E-state index in [-0.39, 0.29) is 11.2 Å². The number of carbonyl (C=O) groups is 1. The van der Waals surface area contributed by atoms with E-state index in [2.05, 4.69) is 24.1 Å². The van der Waals surface area contributed by atoms with E-state index >= 15 is 0 Å². The maximum Gasteiger partial charge on any atom is 0.233 e. The summed E-state index contributed by atoms with van der Waals surface area (Å²) in [6.07, 6.45) is 0. The monoisotopic (exact) mass is 340 g/mol. The van der Waals surface area contributed by atoms with Gasteiger partial charge >= 0.3 is 0 Å². The van der Waals surface area contributed by atoms with E-state index in [1.807, 2.05) is 31.2 Å². The van der Waals surface area contributed by atoms with Crippen molar-refractivity contribution in [3.63, 3.8) is 0 Å². The number of nitrogens with one attached hydrogen (secondary N) is 1. The summed E-state index contributed by atoms with van der Waals surface area (Å²) in [5.41, 5.74) is 0.960. The first-order chi connectivity index (χ1) is 10.5. The fourth-order valence-electron chi connectivity index (χ4n) is 1.94. The van der Waals surface area contributed by atoms with Crippen molar-refractivity contribution >= 4 is 34.2 Å². The van der Waals surface area contributed by atoms with Crippen molar-refractivity contribution in [2.24, 2.45) is 0 Å². The van der Waals surface area contributed by atoms with Gasteiger partial charge in [0, 0.05) is 25.2 Å². The van der Waals surface area contributed by atoms with Crippen molar-refractivity contribution in [3.05, 3.63) is 29.8 Å². The molecule has 0 bridgehead atoms. The van der Waals surface area contributed by atoms with Crippen LogP contribution >= 0.6 is 24.0 Å². The Balaban J connectivity index is 2.52. The number of thioether (sulfide) groups is 1. The van der Waals surface area contributed by atoms with Crippen LogP contribution in [0.5, 0.6) is 5.75 Å². The Bertz CT molecular complexity index is 505. The number of rotatable bonds is 7. The molecule has 1 aromatic rings. The second kappa shape index (κ2) is 9.69. The van der Waals surface area contributed by atoms with Crippen molar-refractivity contribution < 1.29 is 9.53 Å². The fourth-order valence-corrected chi connectivity index (χ4v) is 3.53. The van der Waals surface area contributed by atoms with Gasteiger partial charge in [-0.2, -0.15) is 0 Å². The standard InChI is InChI=1S/C16H24N2O2S2/c1-5-18(6-2)16(21)22-12(3)15(19)17-11-13-9-7-8-10-14(13)20-4/h7-10,12H,5-6,11H2,1-4H3,(H,17,19). The van der Waals surface area contributed by atoms with E-state index in [9.17, 15) is 4.79 Å². The highest BCUT2D eigenvalue weighted by atomic mass is 32.2. The van der Waals surface area contributed by atoms with E-state index in [4.69, 9.17) is 17.0 Å². The van der Waals surface area contributed by atoms with Crippen molar-refractivity contribution in [2.75, 3.05) is 20.2 Å². The van der Waals surface area contributed by atoms with Crippen LogP contribution in [0.3, 0.4) is 0 Å². The number of benzene rings is 1. The van der Waals surface area contributed by atoms with Gasteiger partial charge in [0.25, 0.3) is 0 Å². The molecule has 0 aliphatic carbocycles. The highest BCUT2D eigenvalue weighted by Crippen LogP contribution is 2.19. The van der Waals surface area contributed by atoms with Crippen LogP contribution in [-0.2, 0) is 11.3 Å². The summed E-state index contributed by atoms with van der Waals surface area (Å²) in [7, 11) is 1.63. The third-order valence-corrected chi connectivity index (χ3v) is 4.89. The molecule has 1 N–H and O–H groups in total. The normalized spacial score (nSPS) is 11.6. The lowest BCUT2D eigenvalue weighted by Crippen LogP contribution is -2.34. The number of thiocarbonyl (C=S) groups is 1. The second-order valence-electron chi connectivity index (χ2n) is 4.73. The first-order valence-corrected chi connectivity index (χ1v) is 8.67. The van der Waals surface area contributed by atoms with Gasteiger partial charge in [-0.15, -0.1) is 0 Å². The smallest absolute Gasteiger partial charge is 0.233 e. The van der Waals surface area contributed by atoms with E-state index in [1.165, 1.54) is 11.8 Å². The lowest BCUT2D eigenvalue weighted by molar-refractivity contribution is -0.120. The molecule has 4 nitrogen and oxygen atoms in total. The van der Waals surface area contributed by atoms with Gasteiger partial charge in [0.2, 0.25) is 5.91 Å². The molecule has 1 atom stereocenters. The van der Waals surface area contributed by atoms with Crippen LogP contribution in [0.4, 0.5) is 0 Å². The zero-order valence-corrected chi connectivity index (χ0v) is 15.2. The number of hydrogen-bond donors (Lipinski definition) is 1. The van der Waals surface area contributed by atoms with Crippen molar-refractivity contribution in [2.45, 2.75) is 32.6 Å². The van der Waals surface area contributed by atoms with Gasteiger partial charge < -0.3 is 15.0 Å². The van der Waals surface area contributed by atoms with Crippen molar-refractivity contribution in [1.29, 1.82) is 0 Å². The quantitative estimate of drug-likeness (QED) is 0.773. The molecule has 0 saturated heterocycles. The summed E-state index contributed by atoms with van der Waals surface area (Å²) in [4.78, 5) is 14.3. The molecule has 0 radical (unpaired) electrons. The molecule has 0 spiro atoms. The number of carbonyl (C=O) groups excluding carboxylic acids is 1. The zero-order chi connectivity index (χ0) is 16.5. The summed E-state index contributed by atoms with van der Waals surface area (Å²) in [6, 6.07) is 7.66. The molecule has 0 heterocycles. The van der Waals surface area contributed by atoms with Crippen LogP contribution in [0.1, 0.15) is 26.3 Å². The summed E-state index contributed by atoms with van der Waals surface area (Å²) in [6.45, 7) is 8.16. The van der Waals surface area contributed by atoms with Crippen LogP contribution < -0.4 is 10.1 Å². The summed E-state index contributed by atoms with van der Waals surface area (Å²) >= 11 is 6.80. The number of ether oxygens (including phenoxy) is 1. The molecule has 0 aliphatic heterocycles. The average molecular weight is 341 g/mol. The van der Waals surface area contributed by atoms with Crippen LogP contribution in [0.15, 0.2) is 24.3 Å². The molecule has 1 unspecified atom stereocenters. The van der Waals surface area contributed by atoms with Crippen molar-refractivity contribution in [1.82, 2.24) is 10.2 Å². The number of methoxy groups -OCH3 is 1. The predicted molar refractivity (Wildman–Crippen MR) is 97.4 cm³/mol. The first kappa shape index (κ1) is 18.8. The van der Waals surface area contributed by atoms with Gasteiger partial charge in [0.15, 0.2) is 0 Å². The highest BCUT2D eigenvalue weighted by molar-refractivity contribution is 8.23. The molecule has 1 aromatic carbocycles. The average Bonchev–Trinajstić information content (AvgIpc) is 2.53. The Hall–Kier alpha value is -1.27. The largest absolute Gasteiger partial charge is 0.496 e. The minimum Gasteiger partial charge on any atom is -0.496 e. The molecule has 122 valence electrons. The molecule has 0 saturated carbocycles. The number of para-hydroxylation sites is 1. The molecule has 1 rings (SSSR count). The summed E-state index contributed by atoms with van der Waals surface area (Å²) < 4.78 is 6.05. The first-order valence-electron chi connectivity index (χ1n) is 7.38. The Labute approximate surface area is 142 Å². The zero-order valence-electron chi connectivity index (χ0n) is 13.6. The lowest BCUT2D eigenvalue weighted by atomic mass is 10.2. The molecular formula is C16H24N2O2S2.